The second kappa shape index (κ2) is 12.1. The molecule has 0 radical (unpaired) electrons. The van der Waals surface area contributed by atoms with E-state index in [1.54, 1.807) is 25.1 Å². The number of esters is 1. The van der Waals surface area contributed by atoms with Crippen LogP contribution in [0, 0.1) is 18.7 Å². The van der Waals surface area contributed by atoms with Crippen molar-refractivity contribution in [2.45, 2.75) is 52.9 Å². The van der Waals surface area contributed by atoms with Crippen molar-refractivity contribution in [2.24, 2.45) is 5.92 Å². The Balaban J connectivity index is 1.35. The molecule has 0 aromatic heterocycles. The number of benzene rings is 2. The lowest BCUT2D eigenvalue weighted by Gasteiger charge is -2.22. The van der Waals surface area contributed by atoms with E-state index in [0.29, 0.717) is 28.8 Å². The summed E-state index contributed by atoms with van der Waals surface area (Å²) in [5, 5.41) is 12.8. The molecule has 1 amide bonds. The van der Waals surface area contributed by atoms with E-state index < -0.39 is 30.9 Å². The Hall–Kier alpha value is -2.95. The molecule has 1 fully saturated rings. The average Bonchev–Trinajstić information content (AvgIpc) is 3.52. The van der Waals surface area contributed by atoms with Gasteiger partial charge < -0.3 is 24.5 Å². The molecule has 8 nitrogen and oxygen atoms in total. The summed E-state index contributed by atoms with van der Waals surface area (Å²) >= 11 is 0. The van der Waals surface area contributed by atoms with Gasteiger partial charge in [-0.1, -0.05) is 26.0 Å². The normalized spacial score (nSPS) is 16.1. The van der Waals surface area contributed by atoms with Gasteiger partial charge in [0.25, 0.3) is 5.91 Å². The fourth-order valence-electron chi connectivity index (χ4n) is 4.75. The van der Waals surface area contributed by atoms with Crippen molar-refractivity contribution in [1.82, 2.24) is 10.2 Å². The quantitative estimate of drug-likeness (QED) is 0.373. The molecular weight excluding hydrogens is 478 g/mol. The summed E-state index contributed by atoms with van der Waals surface area (Å²) in [7, 11) is -1.07. The van der Waals surface area contributed by atoms with Gasteiger partial charge in [-0.3, -0.25) is 9.69 Å². The van der Waals surface area contributed by atoms with E-state index >= 15 is 0 Å². The van der Waals surface area contributed by atoms with E-state index in [-0.39, 0.29) is 24.9 Å². The molecule has 2 heterocycles. The van der Waals surface area contributed by atoms with Crippen LogP contribution in [0.1, 0.15) is 53.7 Å². The van der Waals surface area contributed by atoms with Gasteiger partial charge in [0, 0.05) is 12.1 Å². The predicted molar refractivity (Wildman–Crippen MR) is 137 cm³/mol. The highest BCUT2D eigenvalue weighted by Gasteiger charge is 2.32. The van der Waals surface area contributed by atoms with Crippen LogP contribution in [-0.2, 0) is 27.4 Å². The highest BCUT2D eigenvalue weighted by Crippen LogP contribution is 2.21. The molecule has 0 aliphatic carbocycles. The van der Waals surface area contributed by atoms with E-state index in [9.17, 15) is 19.0 Å². The molecule has 2 aliphatic rings. The summed E-state index contributed by atoms with van der Waals surface area (Å²) in [5.74, 6) is -1.61. The Bertz CT molecular complexity index is 1140. The first-order valence-electron chi connectivity index (χ1n) is 12.8. The van der Waals surface area contributed by atoms with Gasteiger partial charge in [0.05, 0.1) is 6.61 Å². The standard InChI is InChI=1S/C27H34BFN2O6/c1-17(2)25(30-26(32)21-8-7-20-16-37-28(34)24(20)18(21)3)27(33)36-15-19-6-9-22(29)23(14-19)35-13-12-31-10-4-5-11-31/h6-9,14,17,25,34H,4-5,10-13,15-16H2,1-3H3,(H,30,32)/t25-/m0/s1. The minimum absolute atomic E-state index is 0.0813. The third kappa shape index (κ3) is 6.50. The lowest BCUT2D eigenvalue weighted by molar-refractivity contribution is -0.148. The summed E-state index contributed by atoms with van der Waals surface area (Å²) in [6, 6.07) is 6.90. The zero-order valence-electron chi connectivity index (χ0n) is 21.6. The number of nitrogens with zero attached hydrogens (tertiary/aromatic N) is 1. The maximum Gasteiger partial charge on any atom is 0.492 e. The molecule has 4 rings (SSSR count). The van der Waals surface area contributed by atoms with E-state index in [4.69, 9.17) is 14.1 Å². The van der Waals surface area contributed by atoms with Crippen molar-refractivity contribution in [3.8, 4) is 5.75 Å². The molecular formula is C27H34BFN2O6. The molecule has 0 spiro atoms. The van der Waals surface area contributed by atoms with Crippen LogP contribution in [0.3, 0.4) is 0 Å². The maximum atomic E-state index is 14.2. The Morgan fingerprint density at radius 2 is 1.97 bits per heavy atom. The number of likely N-dealkylation sites (tertiary alicyclic amines) is 1. The number of rotatable bonds is 10. The minimum Gasteiger partial charge on any atom is -0.489 e. The van der Waals surface area contributed by atoms with E-state index in [1.807, 2.05) is 13.8 Å². The van der Waals surface area contributed by atoms with Gasteiger partial charge in [0.15, 0.2) is 11.6 Å². The number of carbonyl (C=O) groups excluding carboxylic acids is 2. The van der Waals surface area contributed by atoms with Gasteiger partial charge in [0.1, 0.15) is 19.3 Å². The smallest absolute Gasteiger partial charge is 0.489 e. The molecule has 2 aliphatic heterocycles. The summed E-state index contributed by atoms with van der Waals surface area (Å²) < 4.78 is 30.6. The van der Waals surface area contributed by atoms with Crippen LogP contribution < -0.4 is 15.5 Å². The van der Waals surface area contributed by atoms with Crippen LogP contribution in [0.5, 0.6) is 5.75 Å². The molecule has 2 N–H and O–H groups in total. The largest absolute Gasteiger partial charge is 0.492 e. The highest BCUT2D eigenvalue weighted by molar-refractivity contribution is 6.62. The second-order valence-electron chi connectivity index (χ2n) is 9.94. The van der Waals surface area contributed by atoms with Crippen LogP contribution >= 0.6 is 0 Å². The van der Waals surface area contributed by atoms with Crippen molar-refractivity contribution in [2.75, 3.05) is 26.2 Å². The summed E-state index contributed by atoms with van der Waals surface area (Å²) in [4.78, 5) is 28.2. The number of hydrogen-bond donors (Lipinski definition) is 2. The van der Waals surface area contributed by atoms with Crippen LogP contribution in [0.2, 0.25) is 0 Å². The topological polar surface area (TPSA) is 97.3 Å². The SMILES string of the molecule is Cc1c(C(=O)N[C@H](C(=O)OCc2ccc(F)c(OCCN3CCCC3)c2)C(C)C)ccc2c1B(O)OC2. The van der Waals surface area contributed by atoms with Gasteiger partial charge in [-0.05, 0) is 79.1 Å². The van der Waals surface area contributed by atoms with E-state index in [0.717, 1.165) is 25.2 Å². The first kappa shape index (κ1) is 27.1. The van der Waals surface area contributed by atoms with Gasteiger partial charge in [-0.25, -0.2) is 9.18 Å². The van der Waals surface area contributed by atoms with Crippen molar-refractivity contribution in [3.05, 3.63) is 58.4 Å². The van der Waals surface area contributed by atoms with Gasteiger partial charge in [-0.2, -0.15) is 0 Å². The molecule has 10 heteroatoms. The second-order valence-corrected chi connectivity index (χ2v) is 9.94. The Labute approximate surface area is 217 Å². The number of halogens is 1. The lowest BCUT2D eigenvalue weighted by atomic mass is 9.75. The molecule has 1 saturated heterocycles. The summed E-state index contributed by atoms with van der Waals surface area (Å²) in [5.41, 5.74) is 2.98. The first-order valence-corrected chi connectivity index (χ1v) is 12.8. The molecule has 0 bridgehead atoms. The highest BCUT2D eigenvalue weighted by atomic mass is 19.1. The minimum atomic E-state index is -1.07. The number of carbonyl (C=O) groups is 2. The van der Waals surface area contributed by atoms with Crippen LogP contribution in [0.25, 0.3) is 0 Å². The van der Waals surface area contributed by atoms with Crippen LogP contribution in [0.4, 0.5) is 4.39 Å². The van der Waals surface area contributed by atoms with E-state index in [1.165, 1.54) is 25.0 Å². The fourth-order valence-corrected chi connectivity index (χ4v) is 4.75. The number of amides is 1. The number of nitrogens with one attached hydrogen (secondary N) is 1. The van der Waals surface area contributed by atoms with Crippen molar-refractivity contribution in [1.29, 1.82) is 0 Å². The number of ether oxygens (including phenoxy) is 2. The lowest BCUT2D eigenvalue weighted by Crippen LogP contribution is -2.46. The zero-order valence-corrected chi connectivity index (χ0v) is 21.6. The van der Waals surface area contributed by atoms with Gasteiger partial charge in [-0.15, -0.1) is 0 Å². The Morgan fingerprint density at radius 3 is 2.70 bits per heavy atom. The fraction of sp³-hybridized carbons (Fsp3) is 0.481. The average molecular weight is 512 g/mol. The zero-order chi connectivity index (χ0) is 26.5. The monoisotopic (exact) mass is 512 g/mol. The third-order valence-corrected chi connectivity index (χ3v) is 6.94. The van der Waals surface area contributed by atoms with Gasteiger partial charge in [0.2, 0.25) is 0 Å². The molecule has 198 valence electrons. The summed E-state index contributed by atoms with van der Waals surface area (Å²) in [6.45, 7) is 8.77. The molecule has 0 unspecified atom stereocenters. The van der Waals surface area contributed by atoms with E-state index in [2.05, 4.69) is 10.2 Å². The predicted octanol–water partition coefficient (Wildman–Crippen LogP) is 2.32. The summed E-state index contributed by atoms with van der Waals surface area (Å²) in [6.07, 6.45) is 2.36. The van der Waals surface area contributed by atoms with Crippen LogP contribution in [0.15, 0.2) is 30.3 Å². The third-order valence-electron chi connectivity index (χ3n) is 6.94. The molecule has 37 heavy (non-hydrogen) atoms. The van der Waals surface area contributed by atoms with Gasteiger partial charge >= 0.3 is 13.1 Å². The molecule has 0 saturated carbocycles. The Morgan fingerprint density at radius 1 is 1.22 bits per heavy atom. The molecule has 1 atom stereocenters. The number of hydrogen-bond acceptors (Lipinski definition) is 7. The number of fused-ring (bicyclic) bond motifs is 1. The first-order chi connectivity index (χ1) is 17.7. The van der Waals surface area contributed by atoms with Crippen molar-refractivity contribution < 1.29 is 33.1 Å². The molecule has 2 aromatic carbocycles. The van der Waals surface area contributed by atoms with Crippen LogP contribution in [-0.4, -0.2) is 61.2 Å². The molecule has 2 aromatic rings. The Kier molecular flexibility index (Phi) is 8.84. The van der Waals surface area contributed by atoms with Crippen molar-refractivity contribution in [3.63, 3.8) is 0 Å². The van der Waals surface area contributed by atoms with Crippen molar-refractivity contribution >= 4 is 24.5 Å². The maximum absolute atomic E-state index is 14.2.